The van der Waals surface area contributed by atoms with Crippen molar-refractivity contribution in [3.8, 4) is 0 Å². The molecule has 0 unspecified atom stereocenters. The minimum absolute atomic E-state index is 0.355. The normalized spacial score (nSPS) is 11.7. The van der Waals surface area contributed by atoms with E-state index in [1.54, 1.807) is 21.7 Å². The third-order valence-electron chi connectivity index (χ3n) is 4.05. The Morgan fingerprint density at radius 3 is 2.93 bits per heavy atom. The molecular formula is C18H24N6O2S2. The lowest BCUT2D eigenvalue weighted by molar-refractivity contribution is 0.150. The van der Waals surface area contributed by atoms with Crippen LogP contribution < -0.4 is 4.90 Å². The van der Waals surface area contributed by atoms with Gasteiger partial charge in [0.05, 0.1) is 22.3 Å². The Morgan fingerprint density at radius 2 is 2.18 bits per heavy atom. The van der Waals surface area contributed by atoms with Gasteiger partial charge >= 0.3 is 6.09 Å². The summed E-state index contributed by atoms with van der Waals surface area (Å²) < 4.78 is 6.21. The smallest absolute Gasteiger partial charge is 0.414 e. The molecule has 3 rings (SSSR count). The second-order valence-corrected chi connectivity index (χ2v) is 9.25. The fourth-order valence-electron chi connectivity index (χ4n) is 2.75. The Labute approximate surface area is 173 Å². The maximum Gasteiger partial charge on any atom is 0.414 e. The fraction of sp³-hybridized carbons (Fsp3) is 0.500. The van der Waals surface area contributed by atoms with E-state index in [0.717, 1.165) is 41.6 Å². The third kappa shape index (κ3) is 5.90. The number of benzene rings is 1. The Bertz CT molecular complexity index is 891. The number of aryl methyl sites for hydroxylation is 1. The molecule has 0 bridgehead atoms. The fourth-order valence-corrected chi connectivity index (χ4v) is 3.60. The number of carbonyl (C=O) groups is 1. The van der Waals surface area contributed by atoms with E-state index in [9.17, 15) is 4.79 Å². The number of unbranched alkanes of at least 4 members (excludes halogenated alkanes) is 2. The summed E-state index contributed by atoms with van der Waals surface area (Å²) in [5.74, 6) is 0.706. The standard InChI is InChI=1S/C18H24N6O2S2/c1-18(2,27)11-24(13-7-8-14-15(10-13)28-12-19-14)17(25)26-9-5-3-4-6-16-20-22-23-21-16/h7-8,10,12,27H,3-6,9,11H2,1-2H3,(H,20,21,22,23). The number of amides is 1. The molecule has 0 fully saturated rings. The van der Waals surface area contributed by atoms with Crippen molar-refractivity contribution in [2.24, 2.45) is 0 Å². The number of tetrazole rings is 1. The van der Waals surface area contributed by atoms with Gasteiger partial charge in [-0.25, -0.2) is 9.78 Å². The molecule has 0 radical (unpaired) electrons. The first-order valence-electron chi connectivity index (χ1n) is 9.15. The number of thiol groups is 1. The lowest BCUT2D eigenvalue weighted by atomic mass is 10.1. The lowest BCUT2D eigenvalue weighted by Gasteiger charge is -2.29. The van der Waals surface area contributed by atoms with Crippen LogP contribution in [0, 0.1) is 0 Å². The van der Waals surface area contributed by atoms with Crippen LogP contribution in [-0.2, 0) is 11.2 Å². The number of hydrogen-bond donors (Lipinski definition) is 2. The molecule has 0 atom stereocenters. The average Bonchev–Trinajstić information content (AvgIpc) is 3.32. The van der Waals surface area contributed by atoms with Gasteiger partial charge in [0.2, 0.25) is 0 Å². The zero-order valence-electron chi connectivity index (χ0n) is 16.0. The van der Waals surface area contributed by atoms with E-state index < -0.39 is 0 Å². The largest absolute Gasteiger partial charge is 0.449 e. The van der Waals surface area contributed by atoms with Crippen molar-refractivity contribution in [2.45, 2.75) is 44.3 Å². The van der Waals surface area contributed by atoms with Crippen LogP contribution in [-0.4, -0.2) is 49.6 Å². The summed E-state index contributed by atoms with van der Waals surface area (Å²) in [6.07, 6.45) is 3.04. The number of fused-ring (bicyclic) bond motifs is 1. The number of aromatic nitrogens is 5. The average molecular weight is 421 g/mol. The van der Waals surface area contributed by atoms with Gasteiger partial charge in [0.15, 0.2) is 5.82 Å². The Morgan fingerprint density at radius 1 is 1.32 bits per heavy atom. The van der Waals surface area contributed by atoms with E-state index >= 15 is 0 Å². The van der Waals surface area contributed by atoms with Crippen molar-refractivity contribution in [3.63, 3.8) is 0 Å². The van der Waals surface area contributed by atoms with Crippen molar-refractivity contribution in [1.29, 1.82) is 0 Å². The molecule has 0 aliphatic rings. The Kier molecular flexibility index (Phi) is 6.84. The summed E-state index contributed by atoms with van der Waals surface area (Å²) in [5, 5.41) is 13.8. The van der Waals surface area contributed by atoms with E-state index in [1.807, 2.05) is 32.0 Å². The first-order valence-corrected chi connectivity index (χ1v) is 10.5. The van der Waals surface area contributed by atoms with Gasteiger partial charge in [-0.15, -0.1) is 21.5 Å². The zero-order valence-corrected chi connectivity index (χ0v) is 17.7. The summed E-state index contributed by atoms with van der Waals surface area (Å²) in [5.41, 5.74) is 3.52. The third-order valence-corrected chi connectivity index (χ3v) is 4.98. The minimum Gasteiger partial charge on any atom is -0.449 e. The van der Waals surface area contributed by atoms with Gasteiger partial charge in [-0.05, 0) is 51.3 Å². The van der Waals surface area contributed by atoms with Crippen LogP contribution in [0.25, 0.3) is 10.2 Å². The second kappa shape index (κ2) is 9.33. The molecular weight excluding hydrogens is 396 g/mol. The number of H-pyrrole nitrogens is 1. The highest BCUT2D eigenvalue weighted by Gasteiger charge is 2.24. The van der Waals surface area contributed by atoms with Gasteiger partial charge < -0.3 is 4.74 Å². The molecule has 0 aliphatic carbocycles. The van der Waals surface area contributed by atoms with Gasteiger partial charge in [0.25, 0.3) is 0 Å². The van der Waals surface area contributed by atoms with Crippen LogP contribution in [0.2, 0.25) is 0 Å². The molecule has 2 aromatic heterocycles. The number of carbonyl (C=O) groups excluding carboxylic acids is 1. The van der Waals surface area contributed by atoms with Gasteiger partial charge in [-0.3, -0.25) is 4.90 Å². The van der Waals surface area contributed by atoms with E-state index in [1.165, 1.54) is 0 Å². The number of rotatable bonds is 9. The molecule has 2 heterocycles. The van der Waals surface area contributed by atoms with E-state index in [2.05, 4.69) is 38.2 Å². The predicted molar refractivity (Wildman–Crippen MR) is 113 cm³/mol. The number of anilines is 1. The predicted octanol–water partition coefficient (Wildman–Crippen LogP) is 3.87. The van der Waals surface area contributed by atoms with E-state index in [0.29, 0.717) is 19.0 Å². The maximum absolute atomic E-state index is 12.7. The molecule has 150 valence electrons. The molecule has 28 heavy (non-hydrogen) atoms. The SMILES string of the molecule is CC(C)(S)CN(C(=O)OCCCCCc1nn[nH]n1)c1ccc2ncsc2c1. The second-order valence-electron chi connectivity index (χ2n) is 7.16. The highest BCUT2D eigenvalue weighted by Crippen LogP contribution is 2.27. The van der Waals surface area contributed by atoms with Gasteiger partial charge in [0.1, 0.15) is 0 Å². The first-order chi connectivity index (χ1) is 13.4. The number of nitrogens with zero attached hydrogens (tertiary/aromatic N) is 5. The molecule has 0 saturated carbocycles. The number of ether oxygens (including phenoxy) is 1. The van der Waals surface area contributed by atoms with Crippen molar-refractivity contribution in [2.75, 3.05) is 18.1 Å². The molecule has 1 amide bonds. The summed E-state index contributed by atoms with van der Waals surface area (Å²) in [6.45, 7) is 4.76. The molecule has 0 spiro atoms. The van der Waals surface area contributed by atoms with Crippen molar-refractivity contribution < 1.29 is 9.53 Å². The first kappa shape index (κ1) is 20.5. The molecule has 8 nitrogen and oxygen atoms in total. The quantitative estimate of drug-likeness (QED) is 0.403. The zero-order chi connectivity index (χ0) is 20.0. The highest BCUT2D eigenvalue weighted by molar-refractivity contribution is 7.81. The van der Waals surface area contributed by atoms with Crippen LogP contribution in [0.5, 0.6) is 0 Å². The van der Waals surface area contributed by atoms with Crippen LogP contribution in [0.15, 0.2) is 23.7 Å². The Balaban J connectivity index is 1.54. The Hall–Kier alpha value is -2.20. The van der Waals surface area contributed by atoms with Gasteiger partial charge in [-0.1, -0.05) is 5.21 Å². The monoisotopic (exact) mass is 420 g/mol. The number of hydrogen-bond acceptors (Lipinski definition) is 8. The van der Waals surface area contributed by atoms with Crippen molar-refractivity contribution in [1.82, 2.24) is 25.6 Å². The number of aromatic amines is 1. The summed E-state index contributed by atoms with van der Waals surface area (Å²) in [6, 6.07) is 5.79. The lowest BCUT2D eigenvalue weighted by Crippen LogP contribution is -2.40. The van der Waals surface area contributed by atoms with E-state index in [-0.39, 0.29) is 10.8 Å². The van der Waals surface area contributed by atoms with E-state index in [4.69, 9.17) is 4.74 Å². The summed E-state index contributed by atoms with van der Waals surface area (Å²) >= 11 is 6.14. The minimum atomic E-state index is -0.357. The number of nitrogens with one attached hydrogen (secondary N) is 1. The molecule has 1 aromatic carbocycles. The summed E-state index contributed by atoms with van der Waals surface area (Å²) in [7, 11) is 0. The summed E-state index contributed by atoms with van der Waals surface area (Å²) in [4.78, 5) is 18.7. The van der Waals surface area contributed by atoms with Crippen molar-refractivity contribution in [3.05, 3.63) is 29.5 Å². The molecule has 3 aromatic rings. The van der Waals surface area contributed by atoms with Crippen LogP contribution in [0.3, 0.4) is 0 Å². The van der Waals surface area contributed by atoms with Gasteiger partial charge in [-0.2, -0.15) is 17.8 Å². The molecule has 0 aliphatic heterocycles. The van der Waals surface area contributed by atoms with Crippen LogP contribution in [0.4, 0.5) is 10.5 Å². The maximum atomic E-state index is 12.7. The van der Waals surface area contributed by atoms with Crippen LogP contribution >= 0.6 is 24.0 Å². The number of thiazole rings is 1. The topological polar surface area (TPSA) is 96.9 Å². The van der Waals surface area contributed by atoms with Crippen molar-refractivity contribution >= 4 is 46.0 Å². The van der Waals surface area contributed by atoms with Crippen LogP contribution in [0.1, 0.15) is 38.9 Å². The molecule has 10 heteroatoms. The molecule has 0 saturated heterocycles. The highest BCUT2D eigenvalue weighted by atomic mass is 32.1. The molecule has 1 N–H and O–H groups in total. The van der Waals surface area contributed by atoms with Gasteiger partial charge in [0, 0.05) is 23.4 Å².